The molecule has 18 heavy (non-hydrogen) atoms. The van der Waals surface area contributed by atoms with Crippen LogP contribution in [0.5, 0.6) is 0 Å². The molecular weight excluding hydrogens is 234 g/mol. The Morgan fingerprint density at radius 2 is 2.00 bits per heavy atom. The standard InChI is InChI=1S/C12H9N3O3/c16-11(8-2-1-5-13-6-8)15-9-3-4-10(12(17)18)14-7-9/h1-7H,(H,15,16)(H,17,18). The Morgan fingerprint density at radius 1 is 1.17 bits per heavy atom. The van der Waals surface area contributed by atoms with Gasteiger partial charge in [0.1, 0.15) is 5.69 Å². The third kappa shape index (κ3) is 2.67. The summed E-state index contributed by atoms with van der Waals surface area (Å²) in [7, 11) is 0. The van der Waals surface area contributed by atoms with E-state index < -0.39 is 5.97 Å². The van der Waals surface area contributed by atoms with E-state index in [1.807, 2.05) is 0 Å². The van der Waals surface area contributed by atoms with E-state index in [9.17, 15) is 9.59 Å². The Morgan fingerprint density at radius 3 is 2.56 bits per heavy atom. The lowest BCUT2D eigenvalue weighted by Gasteiger charge is -2.04. The number of carboxylic acids is 1. The van der Waals surface area contributed by atoms with Crippen LogP contribution in [0.1, 0.15) is 20.8 Å². The summed E-state index contributed by atoms with van der Waals surface area (Å²) in [6, 6.07) is 6.08. The average Bonchev–Trinajstić information content (AvgIpc) is 2.40. The smallest absolute Gasteiger partial charge is 0.354 e. The van der Waals surface area contributed by atoms with Crippen LogP contribution in [0.25, 0.3) is 0 Å². The van der Waals surface area contributed by atoms with Gasteiger partial charge in [-0.15, -0.1) is 0 Å². The number of carboxylic acid groups (broad SMARTS) is 1. The molecule has 0 radical (unpaired) electrons. The number of hydrogen-bond donors (Lipinski definition) is 2. The van der Waals surface area contributed by atoms with Gasteiger partial charge in [-0.2, -0.15) is 0 Å². The Kier molecular flexibility index (Phi) is 3.29. The van der Waals surface area contributed by atoms with Crippen LogP contribution in [0.4, 0.5) is 5.69 Å². The van der Waals surface area contributed by atoms with E-state index in [4.69, 9.17) is 5.11 Å². The van der Waals surface area contributed by atoms with Crippen molar-refractivity contribution < 1.29 is 14.7 Å². The summed E-state index contributed by atoms with van der Waals surface area (Å²) in [4.78, 5) is 29.9. The number of hydrogen-bond acceptors (Lipinski definition) is 4. The first-order valence-corrected chi connectivity index (χ1v) is 5.07. The maximum absolute atomic E-state index is 11.7. The zero-order valence-corrected chi connectivity index (χ0v) is 9.20. The van der Waals surface area contributed by atoms with Gasteiger partial charge >= 0.3 is 5.97 Å². The van der Waals surface area contributed by atoms with Crippen molar-refractivity contribution in [2.45, 2.75) is 0 Å². The molecule has 2 heterocycles. The largest absolute Gasteiger partial charge is 0.477 e. The van der Waals surface area contributed by atoms with Crippen LogP contribution >= 0.6 is 0 Å². The highest BCUT2D eigenvalue weighted by Gasteiger charge is 2.07. The van der Waals surface area contributed by atoms with E-state index in [0.717, 1.165) is 0 Å². The van der Waals surface area contributed by atoms with Gasteiger partial charge in [0.25, 0.3) is 5.91 Å². The number of carbonyl (C=O) groups is 2. The van der Waals surface area contributed by atoms with Gasteiger partial charge in [-0.1, -0.05) is 0 Å². The number of aromatic carboxylic acids is 1. The monoisotopic (exact) mass is 243 g/mol. The maximum Gasteiger partial charge on any atom is 0.354 e. The number of aromatic nitrogens is 2. The highest BCUT2D eigenvalue weighted by atomic mass is 16.4. The summed E-state index contributed by atoms with van der Waals surface area (Å²) in [5.41, 5.74) is 0.767. The molecule has 0 aromatic carbocycles. The molecule has 0 saturated heterocycles. The van der Waals surface area contributed by atoms with Crippen LogP contribution in [0.15, 0.2) is 42.9 Å². The third-order valence-electron chi connectivity index (χ3n) is 2.16. The topological polar surface area (TPSA) is 92.2 Å². The third-order valence-corrected chi connectivity index (χ3v) is 2.16. The van der Waals surface area contributed by atoms with Crippen molar-refractivity contribution in [3.05, 3.63) is 54.1 Å². The Bertz CT molecular complexity index is 567. The fraction of sp³-hybridized carbons (Fsp3) is 0. The molecule has 0 bridgehead atoms. The molecule has 1 amide bonds. The molecule has 0 fully saturated rings. The van der Waals surface area contributed by atoms with Gasteiger partial charge in [-0.3, -0.25) is 9.78 Å². The molecule has 0 aliphatic rings. The fourth-order valence-electron chi connectivity index (χ4n) is 1.29. The molecule has 0 unspecified atom stereocenters. The minimum Gasteiger partial charge on any atom is -0.477 e. The van der Waals surface area contributed by atoms with Crippen LogP contribution in [-0.2, 0) is 0 Å². The van der Waals surface area contributed by atoms with Crippen molar-refractivity contribution in [2.24, 2.45) is 0 Å². The second-order valence-electron chi connectivity index (χ2n) is 3.43. The molecule has 0 aliphatic carbocycles. The van der Waals surface area contributed by atoms with Gasteiger partial charge in [-0.05, 0) is 24.3 Å². The highest BCUT2D eigenvalue weighted by molar-refractivity contribution is 6.04. The molecule has 0 atom stereocenters. The first-order valence-electron chi connectivity index (χ1n) is 5.07. The van der Waals surface area contributed by atoms with Crippen molar-refractivity contribution in [1.82, 2.24) is 9.97 Å². The van der Waals surface area contributed by atoms with Crippen molar-refractivity contribution in [3.8, 4) is 0 Å². The molecule has 6 nitrogen and oxygen atoms in total. The van der Waals surface area contributed by atoms with E-state index in [0.29, 0.717) is 11.3 Å². The minimum atomic E-state index is -1.11. The number of anilines is 1. The van der Waals surface area contributed by atoms with Crippen molar-refractivity contribution >= 4 is 17.6 Å². The molecule has 6 heteroatoms. The van der Waals surface area contributed by atoms with Gasteiger partial charge in [0, 0.05) is 12.4 Å². The fourth-order valence-corrected chi connectivity index (χ4v) is 1.29. The molecule has 2 aromatic heterocycles. The summed E-state index contributed by atoms with van der Waals surface area (Å²) in [6.45, 7) is 0. The average molecular weight is 243 g/mol. The molecule has 2 N–H and O–H groups in total. The van der Waals surface area contributed by atoms with Crippen LogP contribution in [0.3, 0.4) is 0 Å². The zero-order valence-electron chi connectivity index (χ0n) is 9.20. The van der Waals surface area contributed by atoms with E-state index >= 15 is 0 Å². The van der Waals surface area contributed by atoms with Crippen molar-refractivity contribution in [3.63, 3.8) is 0 Å². The SMILES string of the molecule is O=C(Nc1ccc(C(=O)O)nc1)c1cccnc1. The Balaban J connectivity index is 2.10. The van der Waals surface area contributed by atoms with Crippen molar-refractivity contribution in [1.29, 1.82) is 0 Å². The molecule has 0 aliphatic heterocycles. The summed E-state index contributed by atoms with van der Waals surface area (Å²) in [5.74, 6) is -1.44. The number of pyridine rings is 2. The highest BCUT2D eigenvalue weighted by Crippen LogP contribution is 2.08. The molecule has 2 rings (SSSR count). The zero-order chi connectivity index (χ0) is 13.0. The lowest BCUT2D eigenvalue weighted by Crippen LogP contribution is -2.12. The first-order chi connectivity index (χ1) is 8.66. The summed E-state index contributed by atoms with van der Waals surface area (Å²) in [6.07, 6.45) is 4.30. The number of rotatable bonds is 3. The number of nitrogens with zero attached hydrogens (tertiary/aromatic N) is 2. The minimum absolute atomic E-state index is 0.0747. The van der Waals surface area contributed by atoms with Crippen LogP contribution in [-0.4, -0.2) is 27.0 Å². The lowest BCUT2D eigenvalue weighted by atomic mass is 10.2. The van der Waals surface area contributed by atoms with Gasteiger partial charge in [0.15, 0.2) is 0 Å². The summed E-state index contributed by atoms with van der Waals surface area (Å²) < 4.78 is 0. The van der Waals surface area contributed by atoms with E-state index in [2.05, 4.69) is 15.3 Å². The maximum atomic E-state index is 11.7. The number of carbonyl (C=O) groups excluding carboxylic acids is 1. The molecule has 2 aromatic rings. The van der Waals surface area contributed by atoms with Gasteiger partial charge in [0.2, 0.25) is 0 Å². The lowest BCUT2D eigenvalue weighted by molar-refractivity contribution is 0.0690. The number of amides is 1. The normalized spacial score (nSPS) is 9.78. The van der Waals surface area contributed by atoms with Crippen LogP contribution in [0, 0.1) is 0 Å². The molecule has 0 saturated carbocycles. The molecule has 0 spiro atoms. The predicted octanol–water partition coefficient (Wildman–Crippen LogP) is 1.43. The van der Waals surface area contributed by atoms with Crippen LogP contribution in [0.2, 0.25) is 0 Å². The summed E-state index contributed by atoms with van der Waals surface area (Å²) >= 11 is 0. The molecule has 90 valence electrons. The predicted molar refractivity (Wildman–Crippen MR) is 63.4 cm³/mol. The quantitative estimate of drug-likeness (QED) is 0.850. The van der Waals surface area contributed by atoms with Gasteiger partial charge in [-0.25, -0.2) is 9.78 Å². The number of nitrogens with one attached hydrogen (secondary N) is 1. The van der Waals surface area contributed by atoms with Crippen molar-refractivity contribution in [2.75, 3.05) is 5.32 Å². The molecular formula is C12H9N3O3. The second kappa shape index (κ2) is 5.05. The first kappa shape index (κ1) is 11.7. The van der Waals surface area contributed by atoms with E-state index in [-0.39, 0.29) is 11.6 Å². The van der Waals surface area contributed by atoms with Gasteiger partial charge < -0.3 is 10.4 Å². The van der Waals surface area contributed by atoms with E-state index in [1.165, 1.54) is 24.5 Å². The van der Waals surface area contributed by atoms with Gasteiger partial charge in [0.05, 0.1) is 17.4 Å². The Hall–Kier alpha value is -2.76. The van der Waals surface area contributed by atoms with E-state index in [1.54, 1.807) is 18.3 Å². The summed E-state index contributed by atoms with van der Waals surface area (Å²) in [5, 5.41) is 11.3. The Labute approximate surface area is 102 Å². The second-order valence-corrected chi connectivity index (χ2v) is 3.43. The van der Waals surface area contributed by atoms with Crippen LogP contribution < -0.4 is 5.32 Å².